The zero-order valence-corrected chi connectivity index (χ0v) is 20.9. The third kappa shape index (κ3) is 5.87. The number of carbonyl (C=O) groups excluding carboxylic acids is 1. The van der Waals surface area contributed by atoms with E-state index in [9.17, 15) is 13.2 Å². The number of amides is 1. The Morgan fingerprint density at radius 3 is 2.35 bits per heavy atom. The summed E-state index contributed by atoms with van der Waals surface area (Å²) in [6, 6.07) is 20.7. The molecule has 3 aromatic rings. The Morgan fingerprint density at radius 1 is 1.03 bits per heavy atom. The van der Waals surface area contributed by atoms with Crippen LogP contribution in [-0.2, 0) is 27.8 Å². The Labute approximate surface area is 205 Å². The first-order chi connectivity index (χ1) is 16.5. The van der Waals surface area contributed by atoms with Crippen LogP contribution in [0.1, 0.15) is 23.3 Å². The van der Waals surface area contributed by atoms with Crippen LogP contribution in [0.25, 0.3) is 0 Å². The molecule has 8 heteroatoms. The quantitative estimate of drug-likeness (QED) is 0.438. The van der Waals surface area contributed by atoms with E-state index in [0.29, 0.717) is 44.8 Å². The van der Waals surface area contributed by atoms with E-state index in [0.717, 1.165) is 11.3 Å². The fraction of sp³-hybridized carbons (Fsp3) is 0.346. The summed E-state index contributed by atoms with van der Waals surface area (Å²) in [5, 5.41) is 2.03. The molecule has 2 heterocycles. The molecule has 1 fully saturated rings. The second-order valence-corrected chi connectivity index (χ2v) is 11.4. The number of hydrogen-bond donors (Lipinski definition) is 0. The highest BCUT2D eigenvalue weighted by Gasteiger charge is 2.34. The molecule has 180 valence electrons. The van der Waals surface area contributed by atoms with E-state index in [1.54, 1.807) is 42.7 Å². The van der Waals surface area contributed by atoms with Gasteiger partial charge in [-0.2, -0.15) is 4.31 Å². The van der Waals surface area contributed by atoms with Gasteiger partial charge < -0.3 is 9.64 Å². The van der Waals surface area contributed by atoms with Crippen LogP contribution in [0.3, 0.4) is 0 Å². The molecule has 0 spiro atoms. The standard InChI is InChI=1S/C26H30N2O4S2/c1-32-23-9-11-25(12-10-23)34(30,31)28-17-14-22(15-18-28)26(29)27(20-24-8-5-19-33-24)16-13-21-6-3-2-4-7-21/h2-12,19,22H,13-18,20H2,1H3. The molecule has 0 radical (unpaired) electrons. The van der Waals surface area contributed by atoms with Crippen molar-refractivity contribution < 1.29 is 17.9 Å². The van der Waals surface area contributed by atoms with Gasteiger partial charge >= 0.3 is 0 Å². The van der Waals surface area contributed by atoms with Crippen molar-refractivity contribution in [3.05, 3.63) is 82.6 Å². The van der Waals surface area contributed by atoms with E-state index < -0.39 is 10.0 Å². The lowest BCUT2D eigenvalue weighted by molar-refractivity contribution is -0.137. The van der Waals surface area contributed by atoms with Crippen LogP contribution in [0.2, 0.25) is 0 Å². The number of sulfonamides is 1. The maximum Gasteiger partial charge on any atom is 0.243 e. The smallest absolute Gasteiger partial charge is 0.243 e. The second-order valence-electron chi connectivity index (χ2n) is 8.43. The number of thiophene rings is 1. The minimum atomic E-state index is -3.59. The van der Waals surface area contributed by atoms with Gasteiger partial charge in [0.2, 0.25) is 15.9 Å². The van der Waals surface area contributed by atoms with Gasteiger partial charge in [0, 0.05) is 30.4 Å². The summed E-state index contributed by atoms with van der Waals surface area (Å²) >= 11 is 1.65. The van der Waals surface area contributed by atoms with Crippen molar-refractivity contribution in [1.82, 2.24) is 9.21 Å². The summed E-state index contributed by atoms with van der Waals surface area (Å²) in [6.07, 6.45) is 1.85. The van der Waals surface area contributed by atoms with Crippen LogP contribution in [-0.4, -0.2) is 50.3 Å². The van der Waals surface area contributed by atoms with E-state index >= 15 is 0 Å². The van der Waals surface area contributed by atoms with Crippen LogP contribution in [0.4, 0.5) is 0 Å². The summed E-state index contributed by atoms with van der Waals surface area (Å²) in [7, 11) is -2.04. The Balaban J connectivity index is 1.40. The molecule has 0 bridgehead atoms. The summed E-state index contributed by atoms with van der Waals surface area (Å²) in [5.74, 6) is 0.563. The lowest BCUT2D eigenvalue weighted by Crippen LogP contribution is -2.44. The lowest BCUT2D eigenvalue weighted by atomic mass is 9.96. The molecule has 1 amide bonds. The molecular weight excluding hydrogens is 468 g/mol. The third-order valence-electron chi connectivity index (χ3n) is 6.25. The fourth-order valence-corrected chi connectivity index (χ4v) is 6.45. The molecule has 1 aliphatic rings. The van der Waals surface area contributed by atoms with Crippen molar-refractivity contribution in [3.8, 4) is 5.75 Å². The number of rotatable bonds is 9. The van der Waals surface area contributed by atoms with Crippen LogP contribution < -0.4 is 4.74 Å². The molecule has 1 aliphatic heterocycles. The molecule has 1 saturated heterocycles. The molecule has 0 unspecified atom stereocenters. The summed E-state index contributed by atoms with van der Waals surface area (Å²) < 4.78 is 32.7. The number of carbonyl (C=O) groups is 1. The molecule has 0 atom stereocenters. The molecule has 6 nitrogen and oxygen atoms in total. The molecular formula is C26H30N2O4S2. The number of hydrogen-bond acceptors (Lipinski definition) is 5. The molecule has 2 aromatic carbocycles. The van der Waals surface area contributed by atoms with E-state index in [2.05, 4.69) is 18.2 Å². The van der Waals surface area contributed by atoms with Crippen molar-refractivity contribution in [2.45, 2.75) is 30.7 Å². The van der Waals surface area contributed by atoms with Crippen molar-refractivity contribution in [2.24, 2.45) is 5.92 Å². The predicted octanol–water partition coefficient (Wildman–Crippen LogP) is 4.43. The van der Waals surface area contributed by atoms with Crippen LogP contribution in [0.15, 0.2) is 77.0 Å². The Hall–Kier alpha value is -2.68. The van der Waals surface area contributed by atoms with E-state index in [1.165, 1.54) is 9.87 Å². The Morgan fingerprint density at radius 2 is 1.74 bits per heavy atom. The molecule has 1 aromatic heterocycles. The minimum Gasteiger partial charge on any atom is -0.497 e. The van der Waals surface area contributed by atoms with Gasteiger partial charge in [0.1, 0.15) is 5.75 Å². The number of nitrogens with zero attached hydrogens (tertiary/aromatic N) is 2. The van der Waals surface area contributed by atoms with Crippen LogP contribution in [0.5, 0.6) is 5.75 Å². The number of methoxy groups -OCH3 is 1. The average molecular weight is 499 g/mol. The fourth-order valence-electron chi connectivity index (χ4n) is 4.26. The van der Waals surface area contributed by atoms with Gasteiger partial charge in [0.15, 0.2) is 0 Å². The first kappa shape index (κ1) is 24.4. The zero-order valence-electron chi connectivity index (χ0n) is 19.3. The lowest BCUT2D eigenvalue weighted by Gasteiger charge is -2.33. The highest BCUT2D eigenvalue weighted by Crippen LogP contribution is 2.27. The number of benzene rings is 2. The monoisotopic (exact) mass is 498 g/mol. The normalized spacial score (nSPS) is 15.2. The number of ether oxygens (including phenoxy) is 1. The van der Waals surface area contributed by atoms with Gasteiger partial charge in [-0.25, -0.2) is 8.42 Å². The SMILES string of the molecule is COc1ccc(S(=O)(=O)N2CCC(C(=O)N(CCc3ccccc3)Cc3cccs3)CC2)cc1. The van der Waals surface area contributed by atoms with Gasteiger partial charge in [0.05, 0.1) is 18.6 Å². The Bertz CT molecular complexity index is 1160. The summed E-state index contributed by atoms with van der Waals surface area (Å²) in [4.78, 5) is 16.8. The minimum absolute atomic E-state index is 0.117. The van der Waals surface area contributed by atoms with Gasteiger partial charge in [-0.15, -0.1) is 11.3 Å². The van der Waals surface area contributed by atoms with Crippen molar-refractivity contribution in [3.63, 3.8) is 0 Å². The van der Waals surface area contributed by atoms with Crippen LogP contribution in [0, 0.1) is 5.92 Å². The first-order valence-electron chi connectivity index (χ1n) is 11.5. The molecule has 0 aliphatic carbocycles. The molecule has 0 saturated carbocycles. The first-order valence-corrected chi connectivity index (χ1v) is 13.8. The highest BCUT2D eigenvalue weighted by atomic mass is 32.2. The van der Waals surface area contributed by atoms with Gasteiger partial charge in [-0.1, -0.05) is 36.4 Å². The second kappa shape index (κ2) is 11.2. The van der Waals surface area contributed by atoms with E-state index in [-0.39, 0.29) is 16.7 Å². The van der Waals surface area contributed by atoms with Crippen molar-refractivity contribution in [2.75, 3.05) is 26.7 Å². The maximum atomic E-state index is 13.5. The topological polar surface area (TPSA) is 66.9 Å². The van der Waals surface area contributed by atoms with Crippen molar-refractivity contribution in [1.29, 1.82) is 0 Å². The largest absolute Gasteiger partial charge is 0.497 e. The summed E-state index contributed by atoms with van der Waals surface area (Å²) in [6.45, 7) is 1.92. The van der Waals surface area contributed by atoms with Gasteiger partial charge in [0.25, 0.3) is 0 Å². The van der Waals surface area contributed by atoms with E-state index in [1.807, 2.05) is 34.5 Å². The average Bonchev–Trinajstić information content (AvgIpc) is 3.40. The van der Waals surface area contributed by atoms with Crippen molar-refractivity contribution >= 4 is 27.3 Å². The zero-order chi connectivity index (χ0) is 24.0. The molecule has 34 heavy (non-hydrogen) atoms. The van der Waals surface area contributed by atoms with Gasteiger partial charge in [-0.3, -0.25) is 4.79 Å². The van der Waals surface area contributed by atoms with Gasteiger partial charge in [-0.05, 0) is 60.5 Å². The Kier molecular flexibility index (Phi) is 8.03. The third-order valence-corrected chi connectivity index (χ3v) is 9.03. The predicted molar refractivity (Wildman–Crippen MR) is 134 cm³/mol. The number of piperidine rings is 1. The van der Waals surface area contributed by atoms with E-state index in [4.69, 9.17) is 4.74 Å². The molecule has 4 rings (SSSR count). The van der Waals surface area contributed by atoms with Crippen LogP contribution >= 0.6 is 11.3 Å². The molecule has 0 N–H and O–H groups in total. The summed E-state index contributed by atoms with van der Waals surface area (Å²) in [5.41, 5.74) is 1.20. The maximum absolute atomic E-state index is 13.5. The highest BCUT2D eigenvalue weighted by molar-refractivity contribution is 7.89.